The van der Waals surface area contributed by atoms with Crippen molar-refractivity contribution in [2.24, 2.45) is 5.41 Å². The molecule has 2 rings (SSSR count). The fourth-order valence-electron chi connectivity index (χ4n) is 2.61. The Morgan fingerprint density at radius 3 is 2.60 bits per heavy atom. The number of ether oxygens (including phenoxy) is 2. The number of hydrogen-bond donors (Lipinski definition) is 2. The molecule has 1 aromatic heterocycles. The van der Waals surface area contributed by atoms with E-state index in [1.807, 2.05) is 0 Å². The maximum atomic E-state index is 12.3. The van der Waals surface area contributed by atoms with Gasteiger partial charge in [0.25, 0.3) is 5.91 Å². The molecule has 25 heavy (non-hydrogen) atoms. The minimum atomic E-state index is -0.773. The second kappa shape index (κ2) is 8.77. The Balaban J connectivity index is 1.91. The topological polar surface area (TPSA) is 93.7 Å². The molecule has 1 atom stereocenters. The first-order valence-corrected chi connectivity index (χ1v) is 9.49. The van der Waals surface area contributed by atoms with Crippen molar-refractivity contribution in [2.75, 3.05) is 26.9 Å². The normalized spacial score (nSPS) is 17.4. The molecule has 0 spiro atoms. The van der Waals surface area contributed by atoms with Gasteiger partial charge in [0.1, 0.15) is 6.04 Å². The van der Waals surface area contributed by atoms with Crippen LogP contribution in [0.5, 0.6) is 0 Å². The molecular weight excluding hydrogens is 412 g/mol. The molecule has 0 aliphatic carbocycles. The number of carbonyl (C=O) groups excluding carboxylic acids is 3. The molecule has 1 saturated heterocycles. The molecule has 1 unspecified atom stereocenters. The average Bonchev–Trinajstić information content (AvgIpc) is 3.06. The van der Waals surface area contributed by atoms with Crippen LogP contribution >= 0.6 is 27.3 Å². The third kappa shape index (κ3) is 5.02. The van der Waals surface area contributed by atoms with Gasteiger partial charge in [-0.05, 0) is 47.8 Å². The molecule has 1 aromatic rings. The number of carbonyl (C=O) groups is 3. The van der Waals surface area contributed by atoms with E-state index in [1.54, 1.807) is 19.1 Å². The van der Waals surface area contributed by atoms with Crippen molar-refractivity contribution in [1.82, 2.24) is 10.6 Å². The van der Waals surface area contributed by atoms with Crippen molar-refractivity contribution in [3.8, 4) is 0 Å². The summed E-state index contributed by atoms with van der Waals surface area (Å²) in [4.78, 5) is 37.1. The zero-order chi connectivity index (χ0) is 18.4. The monoisotopic (exact) mass is 432 g/mol. The molecule has 2 heterocycles. The molecule has 1 fully saturated rings. The number of nitrogens with one attached hydrogen (secondary N) is 2. The van der Waals surface area contributed by atoms with Gasteiger partial charge in [0.2, 0.25) is 5.91 Å². The van der Waals surface area contributed by atoms with Crippen molar-refractivity contribution >= 4 is 45.1 Å². The largest absolute Gasteiger partial charge is 0.469 e. The molecule has 2 amide bonds. The molecule has 0 bridgehead atoms. The van der Waals surface area contributed by atoms with Crippen LogP contribution in [0.2, 0.25) is 0 Å². The van der Waals surface area contributed by atoms with Gasteiger partial charge < -0.3 is 20.1 Å². The minimum Gasteiger partial charge on any atom is -0.469 e. The number of halogens is 1. The van der Waals surface area contributed by atoms with E-state index in [2.05, 4.69) is 26.6 Å². The lowest BCUT2D eigenvalue weighted by Gasteiger charge is -2.34. The van der Waals surface area contributed by atoms with Crippen molar-refractivity contribution in [3.63, 3.8) is 0 Å². The summed E-state index contributed by atoms with van der Waals surface area (Å²) in [5.74, 6) is -1.01. The summed E-state index contributed by atoms with van der Waals surface area (Å²) in [6.07, 6.45) is 0.980. The van der Waals surface area contributed by atoms with Gasteiger partial charge in [-0.15, -0.1) is 11.3 Å². The molecule has 7 nitrogen and oxygen atoms in total. The molecule has 1 aliphatic heterocycles. The molecule has 138 valence electrons. The van der Waals surface area contributed by atoms with E-state index in [1.165, 1.54) is 18.4 Å². The predicted octanol–water partition coefficient (Wildman–Crippen LogP) is 1.71. The first-order valence-electron chi connectivity index (χ1n) is 7.88. The maximum absolute atomic E-state index is 12.3. The Morgan fingerprint density at radius 1 is 1.36 bits per heavy atom. The zero-order valence-electron chi connectivity index (χ0n) is 14.1. The molecule has 9 heteroatoms. The van der Waals surface area contributed by atoms with E-state index in [0.29, 0.717) is 30.9 Å². The molecule has 1 aliphatic rings. The van der Waals surface area contributed by atoms with Crippen LogP contribution in [0.25, 0.3) is 0 Å². The second-order valence-electron chi connectivity index (χ2n) is 5.90. The molecular formula is C16H21BrN2O5S. The van der Waals surface area contributed by atoms with E-state index in [9.17, 15) is 14.4 Å². The van der Waals surface area contributed by atoms with Crippen LogP contribution in [0.3, 0.4) is 0 Å². The quantitative estimate of drug-likeness (QED) is 0.667. The highest BCUT2D eigenvalue weighted by Crippen LogP contribution is 2.31. The Kier molecular flexibility index (Phi) is 6.97. The number of methoxy groups -OCH3 is 1. The van der Waals surface area contributed by atoms with Crippen LogP contribution < -0.4 is 10.6 Å². The Labute approximate surface area is 158 Å². The number of rotatable bonds is 6. The van der Waals surface area contributed by atoms with E-state index in [4.69, 9.17) is 9.47 Å². The highest BCUT2D eigenvalue weighted by atomic mass is 79.9. The lowest BCUT2D eigenvalue weighted by Crippen LogP contribution is -2.51. The Hall–Kier alpha value is -1.45. The summed E-state index contributed by atoms with van der Waals surface area (Å²) >= 11 is 4.59. The number of thiophene rings is 1. The van der Waals surface area contributed by atoms with Crippen LogP contribution in [0.4, 0.5) is 0 Å². The van der Waals surface area contributed by atoms with Gasteiger partial charge in [-0.1, -0.05) is 0 Å². The van der Waals surface area contributed by atoms with Gasteiger partial charge in [0.05, 0.1) is 21.2 Å². The third-order valence-electron chi connectivity index (χ3n) is 4.21. The number of hydrogen-bond acceptors (Lipinski definition) is 6. The van der Waals surface area contributed by atoms with Gasteiger partial charge in [-0.2, -0.15) is 0 Å². The first-order chi connectivity index (χ1) is 11.9. The first kappa shape index (κ1) is 19.9. The average molecular weight is 433 g/mol. The van der Waals surface area contributed by atoms with E-state index in [-0.39, 0.29) is 24.3 Å². The smallest absolute Gasteiger partial charge is 0.313 e. The molecule has 0 radical (unpaired) electrons. The van der Waals surface area contributed by atoms with Crippen molar-refractivity contribution in [2.45, 2.75) is 25.8 Å². The lowest BCUT2D eigenvalue weighted by molar-refractivity contribution is -0.158. The summed E-state index contributed by atoms with van der Waals surface area (Å²) in [5, 5.41) is 5.40. The summed E-state index contributed by atoms with van der Waals surface area (Å²) < 4.78 is 11.0. The Morgan fingerprint density at radius 2 is 2.04 bits per heavy atom. The van der Waals surface area contributed by atoms with Crippen LogP contribution in [0.15, 0.2) is 15.9 Å². The summed E-state index contributed by atoms with van der Waals surface area (Å²) in [6, 6.07) is 2.74. The van der Waals surface area contributed by atoms with Crippen LogP contribution in [-0.2, 0) is 19.1 Å². The van der Waals surface area contributed by atoms with Crippen LogP contribution in [0, 0.1) is 5.41 Å². The van der Waals surface area contributed by atoms with Crippen LogP contribution in [-0.4, -0.2) is 50.7 Å². The SMILES string of the molecule is COC(=O)C1(CNC(=O)C(C)NC(=O)c2ccc(Br)s2)CCOCC1. The summed E-state index contributed by atoms with van der Waals surface area (Å²) in [6.45, 7) is 2.66. The van der Waals surface area contributed by atoms with E-state index in [0.717, 1.165) is 3.79 Å². The van der Waals surface area contributed by atoms with Gasteiger partial charge in [0, 0.05) is 19.8 Å². The maximum Gasteiger partial charge on any atom is 0.313 e. The summed E-state index contributed by atoms with van der Waals surface area (Å²) in [5.41, 5.74) is -0.773. The lowest BCUT2D eigenvalue weighted by atomic mass is 9.80. The molecule has 0 saturated carbocycles. The third-order valence-corrected chi connectivity index (χ3v) is 5.83. The van der Waals surface area contributed by atoms with Gasteiger partial charge in [0.15, 0.2) is 0 Å². The highest BCUT2D eigenvalue weighted by Gasteiger charge is 2.41. The van der Waals surface area contributed by atoms with Crippen LogP contribution in [0.1, 0.15) is 29.4 Å². The minimum absolute atomic E-state index is 0.159. The van der Waals surface area contributed by atoms with Crippen molar-refractivity contribution < 1.29 is 23.9 Å². The van der Waals surface area contributed by atoms with Crippen molar-refractivity contribution in [3.05, 3.63) is 20.8 Å². The fraction of sp³-hybridized carbons (Fsp3) is 0.562. The zero-order valence-corrected chi connectivity index (χ0v) is 16.5. The predicted molar refractivity (Wildman–Crippen MR) is 96.5 cm³/mol. The van der Waals surface area contributed by atoms with Gasteiger partial charge in [-0.3, -0.25) is 14.4 Å². The summed E-state index contributed by atoms with van der Waals surface area (Å²) in [7, 11) is 1.34. The number of amides is 2. The molecule has 2 N–H and O–H groups in total. The van der Waals surface area contributed by atoms with Gasteiger partial charge in [-0.25, -0.2) is 0 Å². The van der Waals surface area contributed by atoms with Gasteiger partial charge >= 0.3 is 5.97 Å². The highest BCUT2D eigenvalue weighted by molar-refractivity contribution is 9.11. The fourth-order valence-corrected chi connectivity index (χ4v) is 3.90. The standard InChI is InChI=1S/C16H21BrN2O5S/c1-10(19-14(21)11-3-4-12(17)25-11)13(20)18-9-16(15(22)23-2)5-7-24-8-6-16/h3-4,10H,5-9H2,1-2H3,(H,18,20)(H,19,21). The van der Waals surface area contributed by atoms with E-state index >= 15 is 0 Å². The Bertz CT molecular complexity index is 642. The molecule has 0 aromatic carbocycles. The second-order valence-corrected chi connectivity index (χ2v) is 8.36. The number of esters is 1. The van der Waals surface area contributed by atoms with Crippen molar-refractivity contribution in [1.29, 1.82) is 0 Å². The van der Waals surface area contributed by atoms with E-state index < -0.39 is 11.5 Å².